The number of hydrogen-bond acceptors (Lipinski definition) is 4. The largest absolute Gasteiger partial charge is 0.493 e. The van der Waals surface area contributed by atoms with E-state index in [1.54, 1.807) is 13.3 Å². The highest BCUT2D eigenvalue weighted by Gasteiger charge is 2.25. The number of methoxy groups -OCH3 is 1. The van der Waals surface area contributed by atoms with E-state index < -0.39 is 0 Å². The monoisotopic (exact) mass is 365 g/mol. The summed E-state index contributed by atoms with van der Waals surface area (Å²) < 4.78 is 13.4. The molecule has 1 fully saturated rings. The highest BCUT2D eigenvalue weighted by molar-refractivity contribution is 5.78. The molecule has 0 saturated carbocycles. The third kappa shape index (κ3) is 3.74. The summed E-state index contributed by atoms with van der Waals surface area (Å²) in [5.74, 6) is 1.63. The van der Waals surface area contributed by atoms with Gasteiger partial charge >= 0.3 is 0 Å². The van der Waals surface area contributed by atoms with Crippen molar-refractivity contribution >= 4 is 11.6 Å². The molecule has 1 saturated heterocycles. The van der Waals surface area contributed by atoms with E-state index in [9.17, 15) is 4.79 Å². The van der Waals surface area contributed by atoms with Crippen LogP contribution in [0.2, 0.25) is 0 Å². The van der Waals surface area contributed by atoms with Crippen LogP contribution in [0, 0.1) is 0 Å². The lowest BCUT2D eigenvalue weighted by Crippen LogP contribution is -2.42. The predicted octanol–water partition coefficient (Wildman–Crippen LogP) is 2.96. The van der Waals surface area contributed by atoms with Crippen LogP contribution >= 0.6 is 0 Å². The summed E-state index contributed by atoms with van der Waals surface area (Å²) in [7, 11) is 1.64. The number of imidazole rings is 1. The number of piperidine rings is 1. The Hall–Kier alpha value is -3.02. The standard InChI is InChI=1S/C21H23N3O3/c1-26-18-6-2-3-7-19(18)27-17-9-12-23(13-10-17)21(25)14-16-15-22-20-8-4-5-11-24(16)20/h2-8,11,15,17H,9-10,12-14H2,1H3. The van der Waals surface area contributed by atoms with Crippen LogP contribution in [0.15, 0.2) is 54.9 Å². The maximum atomic E-state index is 12.7. The van der Waals surface area contributed by atoms with Crippen molar-refractivity contribution in [3.05, 3.63) is 60.6 Å². The first-order valence-electron chi connectivity index (χ1n) is 9.23. The van der Waals surface area contributed by atoms with Crippen molar-refractivity contribution < 1.29 is 14.3 Å². The van der Waals surface area contributed by atoms with Gasteiger partial charge in [-0.3, -0.25) is 4.79 Å². The molecule has 3 heterocycles. The third-order valence-electron chi connectivity index (χ3n) is 4.98. The number of benzene rings is 1. The molecule has 6 nitrogen and oxygen atoms in total. The molecule has 27 heavy (non-hydrogen) atoms. The van der Waals surface area contributed by atoms with E-state index in [4.69, 9.17) is 9.47 Å². The number of fused-ring (bicyclic) bond motifs is 1. The average Bonchev–Trinajstić information content (AvgIpc) is 3.12. The van der Waals surface area contributed by atoms with Gasteiger partial charge in [0.25, 0.3) is 0 Å². The van der Waals surface area contributed by atoms with Crippen molar-refractivity contribution in [2.24, 2.45) is 0 Å². The van der Waals surface area contributed by atoms with E-state index in [2.05, 4.69) is 4.98 Å². The number of nitrogens with zero attached hydrogens (tertiary/aromatic N) is 3. The molecule has 1 aliphatic rings. The molecule has 1 amide bonds. The lowest BCUT2D eigenvalue weighted by Gasteiger charge is -2.32. The zero-order valence-corrected chi connectivity index (χ0v) is 15.4. The topological polar surface area (TPSA) is 56.1 Å². The fourth-order valence-electron chi connectivity index (χ4n) is 3.50. The molecule has 0 spiro atoms. The van der Waals surface area contributed by atoms with Gasteiger partial charge in [0.2, 0.25) is 5.91 Å². The Morgan fingerprint density at radius 2 is 1.85 bits per heavy atom. The predicted molar refractivity (Wildman–Crippen MR) is 102 cm³/mol. The molecule has 4 rings (SSSR count). The van der Waals surface area contributed by atoms with Crippen LogP contribution in [0.25, 0.3) is 5.65 Å². The zero-order chi connectivity index (χ0) is 18.6. The van der Waals surface area contributed by atoms with Crippen LogP contribution in [0.1, 0.15) is 18.5 Å². The van der Waals surface area contributed by atoms with Gasteiger partial charge in [-0.2, -0.15) is 0 Å². The molecule has 3 aromatic rings. The van der Waals surface area contributed by atoms with Gasteiger partial charge < -0.3 is 18.8 Å². The van der Waals surface area contributed by atoms with Gasteiger partial charge in [-0.25, -0.2) is 4.98 Å². The van der Waals surface area contributed by atoms with Crippen molar-refractivity contribution in [2.75, 3.05) is 20.2 Å². The number of carbonyl (C=O) groups excluding carboxylic acids is 1. The molecular weight excluding hydrogens is 342 g/mol. The Balaban J connectivity index is 1.34. The van der Waals surface area contributed by atoms with Gasteiger partial charge in [-0.05, 0) is 24.3 Å². The Kier molecular flexibility index (Phi) is 4.96. The van der Waals surface area contributed by atoms with E-state index >= 15 is 0 Å². The lowest BCUT2D eigenvalue weighted by atomic mass is 10.1. The maximum Gasteiger partial charge on any atom is 0.228 e. The van der Waals surface area contributed by atoms with Crippen molar-refractivity contribution in [3.8, 4) is 11.5 Å². The summed E-state index contributed by atoms with van der Waals surface area (Å²) in [6.07, 6.45) is 5.82. The van der Waals surface area contributed by atoms with Gasteiger partial charge in [0.15, 0.2) is 11.5 Å². The van der Waals surface area contributed by atoms with Crippen LogP contribution in [0.5, 0.6) is 11.5 Å². The molecule has 2 aromatic heterocycles. The van der Waals surface area contributed by atoms with Crippen molar-refractivity contribution in [2.45, 2.75) is 25.4 Å². The molecule has 1 aromatic carbocycles. The van der Waals surface area contributed by atoms with Crippen LogP contribution < -0.4 is 9.47 Å². The second-order valence-corrected chi connectivity index (χ2v) is 6.70. The Labute approximate surface area is 158 Å². The Bertz CT molecular complexity index is 929. The summed E-state index contributed by atoms with van der Waals surface area (Å²) in [5.41, 5.74) is 1.78. The van der Waals surface area contributed by atoms with Gasteiger partial charge in [-0.1, -0.05) is 18.2 Å². The Morgan fingerprint density at radius 1 is 1.11 bits per heavy atom. The fourth-order valence-corrected chi connectivity index (χ4v) is 3.50. The summed E-state index contributed by atoms with van der Waals surface area (Å²) in [6.45, 7) is 1.41. The molecule has 0 N–H and O–H groups in total. The van der Waals surface area contributed by atoms with Gasteiger partial charge in [0, 0.05) is 38.3 Å². The summed E-state index contributed by atoms with van der Waals surface area (Å²) in [4.78, 5) is 19.0. The number of amides is 1. The van der Waals surface area contributed by atoms with Crippen LogP contribution in [0.3, 0.4) is 0 Å². The number of para-hydroxylation sites is 2. The zero-order valence-electron chi connectivity index (χ0n) is 15.4. The second-order valence-electron chi connectivity index (χ2n) is 6.70. The number of pyridine rings is 1. The molecule has 0 aliphatic carbocycles. The van der Waals surface area contributed by atoms with Gasteiger partial charge in [0.05, 0.1) is 19.2 Å². The first-order valence-corrected chi connectivity index (χ1v) is 9.23. The highest BCUT2D eigenvalue weighted by atomic mass is 16.5. The molecule has 0 radical (unpaired) electrons. The molecule has 140 valence electrons. The number of likely N-dealkylation sites (tertiary alicyclic amines) is 1. The Morgan fingerprint density at radius 3 is 2.63 bits per heavy atom. The van der Waals surface area contributed by atoms with E-state index in [0.29, 0.717) is 19.5 Å². The summed E-state index contributed by atoms with van der Waals surface area (Å²) in [5, 5.41) is 0. The smallest absolute Gasteiger partial charge is 0.228 e. The first kappa shape index (κ1) is 17.4. The highest BCUT2D eigenvalue weighted by Crippen LogP contribution is 2.29. The first-order chi connectivity index (χ1) is 13.2. The van der Waals surface area contributed by atoms with Crippen LogP contribution in [0.4, 0.5) is 0 Å². The maximum absolute atomic E-state index is 12.7. The summed E-state index contributed by atoms with van der Waals surface area (Å²) >= 11 is 0. The van der Waals surface area contributed by atoms with E-state index in [-0.39, 0.29) is 12.0 Å². The molecule has 0 unspecified atom stereocenters. The number of rotatable bonds is 5. The summed E-state index contributed by atoms with van der Waals surface area (Å²) in [6, 6.07) is 13.5. The normalized spacial score (nSPS) is 15.1. The molecule has 0 bridgehead atoms. The minimum absolute atomic E-state index is 0.0983. The number of hydrogen-bond donors (Lipinski definition) is 0. The lowest BCUT2D eigenvalue weighted by molar-refractivity contribution is -0.132. The number of ether oxygens (including phenoxy) is 2. The number of aromatic nitrogens is 2. The number of carbonyl (C=O) groups is 1. The molecule has 6 heteroatoms. The fraction of sp³-hybridized carbons (Fsp3) is 0.333. The SMILES string of the molecule is COc1ccccc1OC1CCN(C(=O)Cc2cnc3ccccn23)CC1. The minimum Gasteiger partial charge on any atom is -0.493 e. The molecule has 1 aliphatic heterocycles. The third-order valence-corrected chi connectivity index (χ3v) is 4.98. The van der Waals surface area contributed by atoms with Crippen molar-refractivity contribution in [3.63, 3.8) is 0 Å². The van der Waals surface area contributed by atoms with Gasteiger partial charge in [-0.15, -0.1) is 0 Å². The van der Waals surface area contributed by atoms with Crippen molar-refractivity contribution in [1.82, 2.24) is 14.3 Å². The van der Waals surface area contributed by atoms with Crippen molar-refractivity contribution in [1.29, 1.82) is 0 Å². The quantitative estimate of drug-likeness (QED) is 0.698. The minimum atomic E-state index is 0.0983. The van der Waals surface area contributed by atoms with E-state index in [1.807, 2.05) is 58.0 Å². The average molecular weight is 365 g/mol. The van der Waals surface area contributed by atoms with Crippen LogP contribution in [-0.2, 0) is 11.2 Å². The molecular formula is C21H23N3O3. The second kappa shape index (κ2) is 7.70. The van der Waals surface area contributed by atoms with E-state index in [1.165, 1.54) is 0 Å². The molecule has 0 atom stereocenters. The van der Waals surface area contributed by atoms with Crippen LogP contribution in [-0.4, -0.2) is 46.5 Å². The van der Waals surface area contributed by atoms with Gasteiger partial charge in [0.1, 0.15) is 11.8 Å². The van der Waals surface area contributed by atoms with E-state index in [0.717, 1.165) is 35.7 Å².